The van der Waals surface area contributed by atoms with Crippen LogP contribution in [0.3, 0.4) is 0 Å². The van der Waals surface area contributed by atoms with Crippen molar-refractivity contribution in [1.29, 1.82) is 0 Å². The Morgan fingerprint density at radius 1 is 1.61 bits per heavy atom. The average molecular weight is 250 g/mol. The first-order valence-corrected chi connectivity index (χ1v) is 5.57. The number of amides is 2. The van der Waals surface area contributed by atoms with Crippen LogP contribution in [0.25, 0.3) is 0 Å². The number of ether oxygens (including phenoxy) is 1. The van der Waals surface area contributed by atoms with Gasteiger partial charge in [0.1, 0.15) is 11.9 Å². The summed E-state index contributed by atoms with van der Waals surface area (Å²) in [6, 6.07) is 4.85. The Morgan fingerprint density at radius 2 is 2.39 bits per heavy atom. The highest BCUT2D eigenvalue weighted by molar-refractivity contribution is 5.93. The molecule has 0 radical (unpaired) electrons. The van der Waals surface area contributed by atoms with Crippen molar-refractivity contribution in [3.05, 3.63) is 29.3 Å². The summed E-state index contributed by atoms with van der Waals surface area (Å²) >= 11 is 0. The molecule has 6 nitrogen and oxygen atoms in total. The Balaban J connectivity index is 2.35. The Bertz CT molecular complexity index is 475. The molecule has 1 atom stereocenters. The summed E-state index contributed by atoms with van der Waals surface area (Å²) in [5.74, 6) is -0.0292. The van der Waals surface area contributed by atoms with E-state index in [-0.39, 0.29) is 6.10 Å². The fraction of sp³-hybridized carbons (Fsp3) is 0.333. The maximum atomic E-state index is 11.3. The van der Waals surface area contributed by atoms with E-state index in [9.17, 15) is 9.59 Å². The molecule has 18 heavy (non-hydrogen) atoms. The molecule has 1 aromatic rings. The molecule has 0 bridgehead atoms. The molecule has 0 aromatic heterocycles. The molecule has 1 heterocycles. The van der Waals surface area contributed by atoms with E-state index < -0.39 is 5.91 Å². The fourth-order valence-corrected chi connectivity index (χ4v) is 1.95. The Labute approximate surface area is 104 Å². The van der Waals surface area contributed by atoms with Gasteiger partial charge in [-0.15, -0.1) is 0 Å². The van der Waals surface area contributed by atoms with E-state index >= 15 is 0 Å². The number of hydrogen-bond acceptors (Lipinski definition) is 4. The molecule has 1 aliphatic rings. The van der Waals surface area contributed by atoms with Gasteiger partial charge in [0.05, 0.1) is 6.54 Å². The van der Waals surface area contributed by atoms with Crippen LogP contribution in [0.5, 0.6) is 5.75 Å². The number of carbonyl (C=O) groups excluding carboxylic acids is 2. The second-order valence-corrected chi connectivity index (χ2v) is 4.23. The van der Waals surface area contributed by atoms with Crippen LogP contribution in [0.1, 0.15) is 22.8 Å². The van der Waals surface area contributed by atoms with E-state index in [0.29, 0.717) is 24.4 Å². The van der Waals surface area contributed by atoms with Gasteiger partial charge in [-0.25, -0.2) is 5.48 Å². The molecule has 1 aliphatic heterocycles. The first-order valence-electron chi connectivity index (χ1n) is 5.57. The van der Waals surface area contributed by atoms with Gasteiger partial charge in [0.25, 0.3) is 5.91 Å². The van der Waals surface area contributed by atoms with Crippen molar-refractivity contribution in [3.8, 4) is 5.75 Å². The van der Waals surface area contributed by atoms with Crippen LogP contribution < -0.4 is 10.2 Å². The van der Waals surface area contributed by atoms with Crippen molar-refractivity contribution in [2.24, 2.45) is 0 Å². The standard InChI is InChI=1S/C12H14N2O4/c1-8-5-14(7-15)6-10-3-2-9(12(16)13-17)4-11(10)18-8/h2-4,7-8,17H,5-6H2,1H3,(H,13,16)/t8-/m0/s1. The predicted molar refractivity (Wildman–Crippen MR) is 62.3 cm³/mol. The molecule has 1 aromatic carbocycles. The fourth-order valence-electron chi connectivity index (χ4n) is 1.95. The number of benzene rings is 1. The lowest BCUT2D eigenvalue weighted by atomic mass is 10.1. The first kappa shape index (κ1) is 12.4. The van der Waals surface area contributed by atoms with Crippen molar-refractivity contribution in [1.82, 2.24) is 10.4 Å². The van der Waals surface area contributed by atoms with E-state index in [1.54, 1.807) is 28.6 Å². The smallest absolute Gasteiger partial charge is 0.274 e. The molecular formula is C12H14N2O4. The average Bonchev–Trinajstić information content (AvgIpc) is 2.54. The molecule has 0 unspecified atom stereocenters. The summed E-state index contributed by atoms with van der Waals surface area (Å²) in [6.07, 6.45) is 0.632. The number of hydrogen-bond donors (Lipinski definition) is 2. The quantitative estimate of drug-likeness (QED) is 0.456. The number of rotatable bonds is 2. The van der Waals surface area contributed by atoms with Crippen molar-refractivity contribution >= 4 is 12.3 Å². The van der Waals surface area contributed by atoms with E-state index in [4.69, 9.17) is 9.94 Å². The van der Waals surface area contributed by atoms with Gasteiger partial charge in [-0.2, -0.15) is 0 Å². The van der Waals surface area contributed by atoms with Gasteiger partial charge < -0.3 is 9.64 Å². The molecule has 2 N–H and O–H groups in total. The first-order chi connectivity index (χ1) is 8.63. The van der Waals surface area contributed by atoms with Crippen LogP contribution in [-0.4, -0.2) is 35.1 Å². The van der Waals surface area contributed by atoms with Crippen molar-refractivity contribution in [3.63, 3.8) is 0 Å². The molecule has 6 heteroatoms. The zero-order valence-corrected chi connectivity index (χ0v) is 9.92. The second-order valence-electron chi connectivity index (χ2n) is 4.23. The monoisotopic (exact) mass is 250 g/mol. The number of nitrogens with one attached hydrogen (secondary N) is 1. The largest absolute Gasteiger partial charge is 0.488 e. The second kappa shape index (κ2) is 5.05. The summed E-state index contributed by atoms with van der Waals surface area (Å²) < 4.78 is 5.66. The zero-order chi connectivity index (χ0) is 13.1. The van der Waals surface area contributed by atoms with E-state index in [1.165, 1.54) is 0 Å². The lowest BCUT2D eigenvalue weighted by molar-refractivity contribution is -0.119. The third-order valence-corrected chi connectivity index (χ3v) is 2.77. The van der Waals surface area contributed by atoms with Gasteiger partial charge in [0, 0.05) is 17.7 Å². The minimum absolute atomic E-state index is 0.149. The Morgan fingerprint density at radius 3 is 3.06 bits per heavy atom. The van der Waals surface area contributed by atoms with Crippen molar-refractivity contribution in [2.45, 2.75) is 19.6 Å². The van der Waals surface area contributed by atoms with Gasteiger partial charge in [-0.1, -0.05) is 6.07 Å². The van der Waals surface area contributed by atoms with Crippen molar-refractivity contribution < 1.29 is 19.5 Å². The SMILES string of the molecule is C[C@H]1CN(C=O)Cc2ccc(C(=O)NO)cc2O1. The van der Waals surface area contributed by atoms with Crippen LogP contribution >= 0.6 is 0 Å². The topological polar surface area (TPSA) is 78.9 Å². The lowest BCUT2D eigenvalue weighted by Gasteiger charge is -2.16. The van der Waals surface area contributed by atoms with Gasteiger partial charge >= 0.3 is 0 Å². The minimum Gasteiger partial charge on any atom is -0.488 e. The molecule has 2 rings (SSSR count). The maximum absolute atomic E-state index is 11.3. The third-order valence-electron chi connectivity index (χ3n) is 2.77. The molecule has 0 saturated carbocycles. The van der Waals surface area contributed by atoms with Gasteiger partial charge in [0.2, 0.25) is 6.41 Å². The zero-order valence-electron chi connectivity index (χ0n) is 9.92. The highest BCUT2D eigenvalue weighted by atomic mass is 16.5. The molecule has 0 fully saturated rings. The van der Waals surface area contributed by atoms with Crippen LogP contribution in [-0.2, 0) is 11.3 Å². The molecule has 0 saturated heterocycles. The summed E-state index contributed by atoms with van der Waals surface area (Å²) in [7, 11) is 0. The number of nitrogens with zero attached hydrogens (tertiary/aromatic N) is 1. The third kappa shape index (κ3) is 2.43. The van der Waals surface area contributed by atoms with Crippen LogP contribution in [0.2, 0.25) is 0 Å². The Kier molecular flexibility index (Phi) is 3.47. The minimum atomic E-state index is -0.592. The van der Waals surface area contributed by atoms with Gasteiger partial charge in [0.15, 0.2) is 0 Å². The maximum Gasteiger partial charge on any atom is 0.274 e. The summed E-state index contributed by atoms with van der Waals surface area (Å²) in [5.41, 5.74) is 2.72. The van der Waals surface area contributed by atoms with E-state index in [1.807, 2.05) is 6.92 Å². The lowest BCUT2D eigenvalue weighted by Crippen LogP contribution is -2.29. The number of fused-ring (bicyclic) bond motifs is 1. The van der Waals surface area contributed by atoms with Gasteiger partial charge in [-0.05, 0) is 19.1 Å². The van der Waals surface area contributed by atoms with E-state index in [0.717, 1.165) is 12.0 Å². The number of hydroxylamine groups is 1. The number of carbonyl (C=O) groups is 2. The highest BCUT2D eigenvalue weighted by Crippen LogP contribution is 2.26. The summed E-state index contributed by atoms with van der Waals surface area (Å²) in [6.45, 7) is 2.80. The van der Waals surface area contributed by atoms with Crippen LogP contribution in [0.15, 0.2) is 18.2 Å². The van der Waals surface area contributed by atoms with Gasteiger partial charge in [-0.3, -0.25) is 14.8 Å². The molecule has 0 aliphatic carbocycles. The molecule has 0 spiro atoms. The van der Waals surface area contributed by atoms with Crippen LogP contribution in [0, 0.1) is 0 Å². The van der Waals surface area contributed by atoms with E-state index in [2.05, 4.69) is 0 Å². The summed E-state index contributed by atoms with van der Waals surface area (Å²) in [5, 5.41) is 8.59. The molecular weight excluding hydrogens is 236 g/mol. The normalized spacial score (nSPS) is 18.3. The summed E-state index contributed by atoms with van der Waals surface area (Å²) in [4.78, 5) is 23.8. The predicted octanol–water partition coefficient (Wildman–Crippen LogP) is 0.545. The van der Waals surface area contributed by atoms with Crippen LogP contribution in [0.4, 0.5) is 0 Å². The molecule has 2 amide bonds. The highest BCUT2D eigenvalue weighted by Gasteiger charge is 2.20. The van der Waals surface area contributed by atoms with Crippen molar-refractivity contribution in [2.75, 3.05) is 6.54 Å². The molecule has 96 valence electrons. The Hall–Kier alpha value is -2.08.